The van der Waals surface area contributed by atoms with Gasteiger partial charge in [0.05, 0.1) is 23.0 Å². The predicted octanol–water partition coefficient (Wildman–Crippen LogP) is 2.45. The first kappa shape index (κ1) is 18.0. The number of carbonyl (C=O) groups excluding carboxylic acids is 2. The zero-order valence-corrected chi connectivity index (χ0v) is 16.0. The second kappa shape index (κ2) is 7.50. The third kappa shape index (κ3) is 3.96. The van der Waals surface area contributed by atoms with Gasteiger partial charge in [0.15, 0.2) is 0 Å². The summed E-state index contributed by atoms with van der Waals surface area (Å²) < 4.78 is 5.59. The van der Waals surface area contributed by atoms with Gasteiger partial charge in [-0.05, 0) is 48.3 Å². The standard InChI is InChI=1S/C15H23IN4O3/c1-8(2)12(19-15(22)23-4)14(21)20-9(3)5-6-10(20)13-17-7-11(16)18-13/h7-10,12H,5-6H2,1-4H3,(H,17,18)(H,19,22)/t9-,10-,12-/m0/s1. The van der Waals surface area contributed by atoms with E-state index in [1.807, 2.05) is 25.7 Å². The zero-order chi connectivity index (χ0) is 17.1. The van der Waals surface area contributed by atoms with Crippen molar-refractivity contribution in [2.24, 2.45) is 5.92 Å². The number of halogens is 1. The first-order valence-electron chi connectivity index (χ1n) is 7.72. The van der Waals surface area contributed by atoms with Crippen LogP contribution in [0.1, 0.15) is 45.5 Å². The lowest BCUT2D eigenvalue weighted by Gasteiger charge is -2.32. The first-order chi connectivity index (χ1) is 10.8. The van der Waals surface area contributed by atoms with Crippen molar-refractivity contribution in [1.29, 1.82) is 0 Å². The zero-order valence-electron chi connectivity index (χ0n) is 13.8. The van der Waals surface area contributed by atoms with Gasteiger partial charge in [-0.1, -0.05) is 13.8 Å². The fourth-order valence-electron chi connectivity index (χ4n) is 2.97. The number of ether oxygens (including phenoxy) is 1. The van der Waals surface area contributed by atoms with Crippen molar-refractivity contribution in [1.82, 2.24) is 20.2 Å². The summed E-state index contributed by atoms with van der Waals surface area (Å²) in [6, 6.07) is -0.586. The number of hydrogen-bond donors (Lipinski definition) is 2. The molecule has 0 saturated carbocycles. The third-order valence-electron chi connectivity index (χ3n) is 4.19. The number of hydrogen-bond acceptors (Lipinski definition) is 4. The maximum atomic E-state index is 13.1. The molecule has 128 valence electrons. The fraction of sp³-hybridized carbons (Fsp3) is 0.667. The normalized spacial score (nSPS) is 22.3. The number of aromatic nitrogens is 2. The Bertz CT molecular complexity index is 575. The topological polar surface area (TPSA) is 87.3 Å². The van der Waals surface area contributed by atoms with Gasteiger partial charge in [0.25, 0.3) is 0 Å². The van der Waals surface area contributed by atoms with Gasteiger partial charge in [-0.25, -0.2) is 9.78 Å². The molecule has 1 fully saturated rings. The van der Waals surface area contributed by atoms with Gasteiger partial charge in [-0.3, -0.25) is 4.79 Å². The van der Waals surface area contributed by atoms with Gasteiger partial charge in [-0.15, -0.1) is 0 Å². The van der Waals surface area contributed by atoms with E-state index in [9.17, 15) is 9.59 Å². The summed E-state index contributed by atoms with van der Waals surface area (Å²) in [6.45, 7) is 5.84. The summed E-state index contributed by atoms with van der Waals surface area (Å²) in [6.07, 6.45) is 2.94. The molecule has 0 radical (unpaired) electrons. The molecule has 0 aliphatic carbocycles. The minimum absolute atomic E-state index is 0.0354. The van der Waals surface area contributed by atoms with Crippen LogP contribution in [0.5, 0.6) is 0 Å². The summed E-state index contributed by atoms with van der Waals surface area (Å²) in [5.41, 5.74) is 0. The molecule has 2 heterocycles. The molecule has 1 aromatic rings. The molecule has 8 heteroatoms. The molecule has 2 rings (SSSR count). The summed E-state index contributed by atoms with van der Waals surface area (Å²) in [5, 5.41) is 2.66. The number of alkyl carbamates (subject to hydrolysis) is 1. The van der Waals surface area contributed by atoms with E-state index in [1.165, 1.54) is 7.11 Å². The van der Waals surface area contributed by atoms with Crippen LogP contribution in [0.15, 0.2) is 6.20 Å². The Morgan fingerprint density at radius 1 is 1.48 bits per heavy atom. The smallest absolute Gasteiger partial charge is 0.407 e. The summed E-state index contributed by atoms with van der Waals surface area (Å²) >= 11 is 2.17. The van der Waals surface area contributed by atoms with Crippen LogP contribution >= 0.6 is 22.6 Å². The highest BCUT2D eigenvalue weighted by molar-refractivity contribution is 14.1. The van der Waals surface area contributed by atoms with Crippen molar-refractivity contribution in [3.05, 3.63) is 15.7 Å². The van der Waals surface area contributed by atoms with Gasteiger partial charge in [-0.2, -0.15) is 0 Å². The first-order valence-corrected chi connectivity index (χ1v) is 8.80. The lowest BCUT2D eigenvalue weighted by Crippen LogP contribution is -2.52. The van der Waals surface area contributed by atoms with Crippen molar-refractivity contribution >= 4 is 34.6 Å². The SMILES string of the molecule is COC(=O)N[C@H](C(=O)N1[C@@H](C)CC[C@H]1c1ncc(I)[nH]1)C(C)C. The molecular weight excluding hydrogens is 411 g/mol. The molecule has 0 spiro atoms. The molecule has 2 amide bonds. The van der Waals surface area contributed by atoms with E-state index in [4.69, 9.17) is 0 Å². The van der Waals surface area contributed by atoms with Gasteiger partial charge >= 0.3 is 6.09 Å². The molecular formula is C15H23IN4O3. The highest BCUT2D eigenvalue weighted by Crippen LogP contribution is 2.35. The largest absolute Gasteiger partial charge is 0.453 e. The molecule has 1 aliphatic rings. The monoisotopic (exact) mass is 434 g/mol. The van der Waals surface area contributed by atoms with Crippen molar-refractivity contribution < 1.29 is 14.3 Å². The second-order valence-corrected chi connectivity index (χ2v) is 7.32. The molecule has 0 unspecified atom stereocenters. The molecule has 23 heavy (non-hydrogen) atoms. The summed E-state index contributed by atoms with van der Waals surface area (Å²) in [7, 11) is 1.29. The van der Waals surface area contributed by atoms with Crippen LogP contribution in [-0.4, -0.2) is 46.1 Å². The van der Waals surface area contributed by atoms with Gasteiger partial charge < -0.3 is 19.9 Å². The van der Waals surface area contributed by atoms with E-state index in [0.29, 0.717) is 0 Å². The van der Waals surface area contributed by atoms with Gasteiger partial charge in [0.2, 0.25) is 5.91 Å². The lowest BCUT2D eigenvalue weighted by molar-refractivity contribution is -0.137. The molecule has 1 saturated heterocycles. The van der Waals surface area contributed by atoms with Gasteiger partial charge in [0.1, 0.15) is 11.9 Å². The maximum Gasteiger partial charge on any atom is 0.407 e. The van der Waals surface area contributed by atoms with Crippen LogP contribution in [0.4, 0.5) is 4.79 Å². The van der Waals surface area contributed by atoms with E-state index in [0.717, 1.165) is 22.4 Å². The molecule has 3 atom stereocenters. The minimum atomic E-state index is -0.612. The molecule has 0 aromatic carbocycles. The Morgan fingerprint density at radius 3 is 2.70 bits per heavy atom. The van der Waals surface area contributed by atoms with E-state index < -0.39 is 12.1 Å². The van der Waals surface area contributed by atoms with Crippen molar-refractivity contribution in [3.63, 3.8) is 0 Å². The molecule has 0 bridgehead atoms. The number of rotatable bonds is 4. The van der Waals surface area contributed by atoms with Crippen LogP contribution in [0, 0.1) is 9.62 Å². The van der Waals surface area contributed by atoms with E-state index in [2.05, 4.69) is 42.6 Å². The highest BCUT2D eigenvalue weighted by atomic mass is 127. The fourth-order valence-corrected chi connectivity index (χ4v) is 3.38. The van der Waals surface area contributed by atoms with E-state index >= 15 is 0 Å². The minimum Gasteiger partial charge on any atom is -0.453 e. The van der Waals surface area contributed by atoms with Crippen molar-refractivity contribution in [2.45, 2.75) is 51.7 Å². The number of nitrogens with zero attached hydrogens (tertiary/aromatic N) is 2. The number of methoxy groups -OCH3 is 1. The molecule has 7 nitrogen and oxygen atoms in total. The lowest BCUT2D eigenvalue weighted by atomic mass is 10.0. The van der Waals surface area contributed by atoms with Crippen LogP contribution in [0.2, 0.25) is 0 Å². The van der Waals surface area contributed by atoms with E-state index in [-0.39, 0.29) is 23.9 Å². The van der Waals surface area contributed by atoms with Crippen LogP contribution in [0.25, 0.3) is 0 Å². The Kier molecular flexibility index (Phi) is 5.88. The number of imidazole rings is 1. The number of H-pyrrole nitrogens is 1. The average molecular weight is 434 g/mol. The van der Waals surface area contributed by atoms with Crippen LogP contribution in [-0.2, 0) is 9.53 Å². The quantitative estimate of drug-likeness (QED) is 0.713. The number of aromatic amines is 1. The Labute approximate surface area is 149 Å². The Balaban J connectivity index is 2.24. The average Bonchev–Trinajstić information content (AvgIpc) is 3.09. The summed E-state index contributed by atoms with van der Waals surface area (Å²) in [5.74, 6) is 0.672. The van der Waals surface area contributed by atoms with Gasteiger partial charge in [0, 0.05) is 6.04 Å². The Morgan fingerprint density at radius 2 is 2.17 bits per heavy atom. The van der Waals surface area contributed by atoms with E-state index in [1.54, 1.807) is 6.20 Å². The predicted molar refractivity (Wildman–Crippen MR) is 93.8 cm³/mol. The van der Waals surface area contributed by atoms with Crippen LogP contribution < -0.4 is 5.32 Å². The maximum absolute atomic E-state index is 13.1. The third-order valence-corrected chi connectivity index (χ3v) is 4.74. The number of nitrogens with one attached hydrogen (secondary N) is 2. The van der Waals surface area contributed by atoms with Crippen LogP contribution in [0.3, 0.4) is 0 Å². The molecule has 1 aliphatic heterocycles. The highest BCUT2D eigenvalue weighted by Gasteiger charge is 2.40. The number of carbonyl (C=O) groups is 2. The van der Waals surface area contributed by atoms with Crippen molar-refractivity contribution in [3.8, 4) is 0 Å². The molecule has 1 aromatic heterocycles. The molecule has 2 N–H and O–H groups in total. The number of amides is 2. The van der Waals surface area contributed by atoms with Crippen molar-refractivity contribution in [2.75, 3.05) is 7.11 Å². The summed E-state index contributed by atoms with van der Waals surface area (Å²) in [4.78, 5) is 34.0. The second-order valence-electron chi connectivity index (χ2n) is 6.16. The number of likely N-dealkylation sites (tertiary alicyclic amines) is 1. The Hall–Kier alpha value is -1.32.